The van der Waals surface area contributed by atoms with E-state index in [1.54, 1.807) is 4.90 Å². The molecule has 0 aliphatic heterocycles. The Balaban J connectivity index is 1.85. The molecule has 0 spiro atoms. The minimum absolute atomic E-state index is 0.134. The summed E-state index contributed by atoms with van der Waals surface area (Å²) in [6.07, 6.45) is 6.05. The molecule has 166 valence electrons. The lowest BCUT2D eigenvalue weighted by Gasteiger charge is -2.33. The first kappa shape index (κ1) is 23.6. The number of aryl methyl sites for hydroxylation is 1. The lowest BCUT2D eigenvalue weighted by molar-refractivity contribution is -0.139. The second kappa shape index (κ2) is 11.5. The average Bonchev–Trinajstić information content (AvgIpc) is 2.78. The van der Waals surface area contributed by atoms with Gasteiger partial charge in [-0.3, -0.25) is 9.59 Å². The number of rotatable bonds is 8. The van der Waals surface area contributed by atoms with Crippen LogP contribution >= 0.6 is 23.2 Å². The Morgan fingerprint density at radius 1 is 1.03 bits per heavy atom. The van der Waals surface area contributed by atoms with Gasteiger partial charge in [-0.15, -0.1) is 11.6 Å². The number of hydrogen-bond acceptors (Lipinski definition) is 2. The monoisotopic (exact) mass is 460 g/mol. The molecule has 0 heterocycles. The molecule has 1 N–H and O–H groups in total. The van der Waals surface area contributed by atoms with Crippen molar-refractivity contribution in [3.05, 3.63) is 70.2 Å². The topological polar surface area (TPSA) is 49.4 Å². The summed E-state index contributed by atoms with van der Waals surface area (Å²) >= 11 is 12.0. The Labute approximate surface area is 194 Å². The van der Waals surface area contributed by atoms with Gasteiger partial charge in [0, 0.05) is 17.6 Å². The van der Waals surface area contributed by atoms with E-state index in [0.717, 1.165) is 42.4 Å². The summed E-state index contributed by atoms with van der Waals surface area (Å²) in [6.45, 7) is 2.40. The molecule has 0 aromatic heterocycles. The molecule has 1 aliphatic carbocycles. The molecule has 0 radical (unpaired) electrons. The second-order valence-corrected chi connectivity index (χ2v) is 8.96. The fourth-order valence-electron chi connectivity index (χ4n) is 4.12. The molecule has 2 aromatic carbocycles. The maximum atomic E-state index is 13.4. The number of carbonyl (C=O) groups excluding carboxylic acids is 2. The molecule has 4 nitrogen and oxygen atoms in total. The van der Waals surface area contributed by atoms with Gasteiger partial charge in [-0.1, -0.05) is 72.8 Å². The zero-order valence-corrected chi connectivity index (χ0v) is 19.5. The third-order valence-corrected chi connectivity index (χ3v) is 6.37. The van der Waals surface area contributed by atoms with Crippen molar-refractivity contribution in [3.63, 3.8) is 0 Å². The van der Waals surface area contributed by atoms with Crippen LogP contribution in [0.4, 0.5) is 0 Å². The predicted octanol–water partition coefficient (Wildman–Crippen LogP) is 5.45. The van der Waals surface area contributed by atoms with Crippen LogP contribution < -0.4 is 5.32 Å². The molecule has 0 saturated heterocycles. The third kappa shape index (κ3) is 6.72. The number of benzene rings is 2. The summed E-state index contributed by atoms with van der Waals surface area (Å²) < 4.78 is 0. The van der Waals surface area contributed by atoms with Gasteiger partial charge in [0.15, 0.2) is 0 Å². The van der Waals surface area contributed by atoms with Crippen molar-refractivity contribution in [2.75, 3.05) is 12.4 Å². The number of alkyl halides is 1. The van der Waals surface area contributed by atoms with Gasteiger partial charge in [-0.25, -0.2) is 0 Å². The number of nitrogens with one attached hydrogen (secondary N) is 1. The van der Waals surface area contributed by atoms with E-state index in [4.69, 9.17) is 23.2 Å². The van der Waals surface area contributed by atoms with Crippen molar-refractivity contribution in [2.45, 2.75) is 57.5 Å². The van der Waals surface area contributed by atoms with E-state index in [2.05, 4.69) is 5.32 Å². The molecule has 3 rings (SSSR count). The van der Waals surface area contributed by atoms with Crippen LogP contribution in [0.2, 0.25) is 5.02 Å². The Morgan fingerprint density at radius 3 is 2.29 bits per heavy atom. The van der Waals surface area contributed by atoms with Crippen molar-refractivity contribution in [1.82, 2.24) is 10.2 Å². The van der Waals surface area contributed by atoms with E-state index in [1.165, 1.54) is 6.42 Å². The molecule has 2 amide bonds. The second-order valence-electron chi connectivity index (χ2n) is 8.25. The van der Waals surface area contributed by atoms with E-state index < -0.39 is 6.04 Å². The van der Waals surface area contributed by atoms with Crippen LogP contribution in [-0.2, 0) is 16.0 Å². The maximum absolute atomic E-state index is 13.4. The van der Waals surface area contributed by atoms with Crippen molar-refractivity contribution in [1.29, 1.82) is 0 Å². The summed E-state index contributed by atoms with van der Waals surface area (Å²) in [7, 11) is 0. The molecule has 1 atom stereocenters. The summed E-state index contributed by atoms with van der Waals surface area (Å²) in [5.74, 6) is -0.551. The fourth-order valence-corrected chi connectivity index (χ4v) is 4.40. The Bertz CT molecular complexity index is 862. The highest BCUT2D eigenvalue weighted by Gasteiger charge is 2.32. The maximum Gasteiger partial charge on any atom is 0.247 e. The summed E-state index contributed by atoms with van der Waals surface area (Å²) in [5, 5.41) is 3.87. The van der Waals surface area contributed by atoms with Gasteiger partial charge in [0.25, 0.3) is 0 Å². The van der Waals surface area contributed by atoms with Crippen LogP contribution in [0.5, 0.6) is 0 Å². The van der Waals surface area contributed by atoms with Crippen molar-refractivity contribution >= 4 is 35.0 Å². The van der Waals surface area contributed by atoms with Gasteiger partial charge in [0.2, 0.25) is 11.8 Å². The van der Waals surface area contributed by atoms with Crippen LogP contribution in [0.15, 0.2) is 48.5 Å². The summed E-state index contributed by atoms with van der Waals surface area (Å²) in [5.41, 5.74) is 2.95. The summed E-state index contributed by atoms with van der Waals surface area (Å²) in [4.78, 5) is 27.9. The molecule has 31 heavy (non-hydrogen) atoms. The number of carbonyl (C=O) groups is 2. The number of amides is 2. The normalized spacial score (nSPS) is 15.3. The Kier molecular flexibility index (Phi) is 8.79. The molecule has 2 aromatic rings. The van der Waals surface area contributed by atoms with Crippen LogP contribution in [0.3, 0.4) is 0 Å². The zero-order valence-electron chi connectivity index (χ0n) is 17.9. The van der Waals surface area contributed by atoms with Gasteiger partial charge in [0.05, 0.1) is 0 Å². The highest BCUT2D eigenvalue weighted by atomic mass is 35.5. The minimum atomic E-state index is -0.707. The van der Waals surface area contributed by atoms with Gasteiger partial charge in [-0.05, 0) is 49.4 Å². The standard InChI is InChI=1S/C25H30Cl2N2O2/c1-18-7-11-20(12-8-18)24(25(31)28-22-5-3-2-4-6-22)29(23(30)17-26)16-15-19-9-13-21(27)14-10-19/h7-14,22,24H,2-6,15-17H2,1H3,(H,28,31)/t24-/m1/s1. The number of nitrogens with zero attached hydrogens (tertiary/aromatic N) is 1. The molecule has 0 bridgehead atoms. The lowest BCUT2D eigenvalue weighted by Crippen LogP contribution is -2.48. The van der Waals surface area contributed by atoms with Crippen LogP contribution in [0.1, 0.15) is 54.8 Å². The minimum Gasteiger partial charge on any atom is -0.351 e. The van der Waals surface area contributed by atoms with Crippen LogP contribution in [0.25, 0.3) is 0 Å². The first-order chi connectivity index (χ1) is 15.0. The van der Waals surface area contributed by atoms with E-state index in [9.17, 15) is 9.59 Å². The number of hydrogen-bond donors (Lipinski definition) is 1. The average molecular weight is 461 g/mol. The fraction of sp³-hybridized carbons (Fsp3) is 0.440. The quantitative estimate of drug-likeness (QED) is 0.532. The first-order valence-electron chi connectivity index (χ1n) is 10.9. The van der Waals surface area contributed by atoms with E-state index in [1.807, 2.05) is 55.5 Å². The van der Waals surface area contributed by atoms with Crippen molar-refractivity contribution < 1.29 is 9.59 Å². The molecule has 1 saturated carbocycles. The van der Waals surface area contributed by atoms with Crippen LogP contribution in [0, 0.1) is 6.92 Å². The van der Waals surface area contributed by atoms with E-state index >= 15 is 0 Å². The molecule has 1 fully saturated rings. The highest BCUT2D eigenvalue weighted by Crippen LogP contribution is 2.25. The zero-order chi connectivity index (χ0) is 22.2. The SMILES string of the molecule is Cc1ccc([C@H](C(=O)NC2CCCCC2)N(CCc2ccc(Cl)cc2)C(=O)CCl)cc1. The van der Waals surface area contributed by atoms with Crippen molar-refractivity contribution in [2.24, 2.45) is 0 Å². The molecular formula is C25H30Cl2N2O2. The highest BCUT2D eigenvalue weighted by molar-refractivity contribution is 6.30. The predicted molar refractivity (Wildman–Crippen MR) is 127 cm³/mol. The largest absolute Gasteiger partial charge is 0.351 e. The van der Waals surface area contributed by atoms with E-state index in [-0.39, 0.29) is 23.7 Å². The van der Waals surface area contributed by atoms with Gasteiger partial charge >= 0.3 is 0 Å². The van der Waals surface area contributed by atoms with Gasteiger partial charge in [-0.2, -0.15) is 0 Å². The Hall–Kier alpha value is -2.04. The molecule has 1 aliphatic rings. The summed E-state index contributed by atoms with van der Waals surface area (Å²) in [6, 6.07) is 14.8. The van der Waals surface area contributed by atoms with Gasteiger partial charge < -0.3 is 10.2 Å². The first-order valence-corrected chi connectivity index (χ1v) is 11.9. The van der Waals surface area contributed by atoms with Crippen molar-refractivity contribution in [3.8, 4) is 0 Å². The molecule has 6 heteroatoms. The van der Waals surface area contributed by atoms with E-state index in [0.29, 0.717) is 18.0 Å². The van der Waals surface area contributed by atoms with Gasteiger partial charge in [0.1, 0.15) is 11.9 Å². The third-order valence-electron chi connectivity index (χ3n) is 5.89. The number of halogens is 2. The Morgan fingerprint density at radius 2 is 1.68 bits per heavy atom. The molecule has 0 unspecified atom stereocenters. The lowest BCUT2D eigenvalue weighted by atomic mass is 9.94. The smallest absolute Gasteiger partial charge is 0.247 e. The molecular weight excluding hydrogens is 431 g/mol. The van der Waals surface area contributed by atoms with Crippen LogP contribution in [-0.4, -0.2) is 35.2 Å².